The second-order valence-corrected chi connectivity index (χ2v) is 8.14. The van der Waals surface area contributed by atoms with E-state index in [0.717, 1.165) is 11.3 Å². The number of nitrogens with one attached hydrogen (secondary N) is 1. The van der Waals surface area contributed by atoms with Gasteiger partial charge in [0.1, 0.15) is 30.3 Å². The summed E-state index contributed by atoms with van der Waals surface area (Å²) in [7, 11) is 0. The molecule has 0 aliphatic carbocycles. The van der Waals surface area contributed by atoms with Gasteiger partial charge in [0.15, 0.2) is 0 Å². The van der Waals surface area contributed by atoms with E-state index in [-0.39, 0.29) is 23.8 Å². The Morgan fingerprint density at radius 3 is 2.45 bits per heavy atom. The molecule has 1 aliphatic heterocycles. The van der Waals surface area contributed by atoms with E-state index in [2.05, 4.69) is 5.43 Å². The van der Waals surface area contributed by atoms with Gasteiger partial charge in [-0.15, -0.1) is 0 Å². The summed E-state index contributed by atoms with van der Waals surface area (Å²) in [6.07, 6.45) is 1.43. The Labute approximate surface area is 201 Å². The van der Waals surface area contributed by atoms with Crippen LogP contribution in [0, 0.1) is 6.92 Å². The number of amides is 2. The molecule has 8 heteroatoms. The lowest BCUT2D eigenvalue weighted by atomic mass is 10.1. The Morgan fingerprint density at radius 1 is 0.939 bits per heavy atom. The number of nitrogens with zero attached hydrogens (tertiary/aromatic N) is 1. The molecule has 0 bridgehead atoms. The molecule has 1 N–H and O–H groups in total. The van der Waals surface area contributed by atoms with Crippen LogP contribution in [0.25, 0.3) is 6.08 Å². The molecule has 6 nitrogen and oxygen atoms in total. The Kier molecular flexibility index (Phi) is 6.87. The van der Waals surface area contributed by atoms with Crippen molar-refractivity contribution in [1.82, 2.24) is 5.43 Å². The minimum atomic E-state index is -0.534. The van der Waals surface area contributed by atoms with Crippen molar-refractivity contribution in [2.75, 3.05) is 18.2 Å². The Bertz CT molecular complexity index is 1230. The first-order valence-corrected chi connectivity index (χ1v) is 10.9. The minimum absolute atomic E-state index is 0.0574. The highest BCUT2D eigenvalue weighted by molar-refractivity contribution is 6.36. The predicted octanol–water partition coefficient (Wildman–Crippen LogP) is 5.22. The first-order chi connectivity index (χ1) is 15.9. The lowest BCUT2D eigenvalue weighted by Gasteiger charge is -2.14. The summed E-state index contributed by atoms with van der Waals surface area (Å²) in [6, 6.07) is 19.6. The zero-order valence-electron chi connectivity index (χ0n) is 17.7. The van der Waals surface area contributed by atoms with Crippen molar-refractivity contribution in [3.05, 3.63) is 93.5 Å². The third kappa shape index (κ3) is 5.30. The van der Waals surface area contributed by atoms with Gasteiger partial charge in [0.25, 0.3) is 11.8 Å². The van der Waals surface area contributed by atoms with E-state index in [1.807, 2.05) is 37.3 Å². The van der Waals surface area contributed by atoms with Gasteiger partial charge in [0.05, 0.1) is 10.7 Å². The average molecular weight is 483 g/mol. The van der Waals surface area contributed by atoms with Crippen LogP contribution in [0.3, 0.4) is 0 Å². The number of para-hydroxylation sites is 1. The van der Waals surface area contributed by atoms with Crippen LogP contribution in [0.1, 0.15) is 11.1 Å². The fraction of sp³-hybridized carbons (Fsp3) is 0.120. The van der Waals surface area contributed by atoms with Crippen LogP contribution in [-0.2, 0) is 9.59 Å². The van der Waals surface area contributed by atoms with E-state index >= 15 is 0 Å². The van der Waals surface area contributed by atoms with Gasteiger partial charge < -0.3 is 9.47 Å². The van der Waals surface area contributed by atoms with Gasteiger partial charge in [0.2, 0.25) is 0 Å². The lowest BCUT2D eigenvalue weighted by molar-refractivity contribution is -0.117. The number of rotatable bonds is 7. The van der Waals surface area contributed by atoms with Crippen LogP contribution in [0.2, 0.25) is 10.0 Å². The van der Waals surface area contributed by atoms with E-state index in [9.17, 15) is 9.59 Å². The molecule has 0 spiro atoms. The third-order valence-electron chi connectivity index (χ3n) is 4.83. The number of halogens is 2. The van der Waals surface area contributed by atoms with Crippen molar-refractivity contribution in [1.29, 1.82) is 0 Å². The van der Waals surface area contributed by atoms with Crippen molar-refractivity contribution < 1.29 is 19.1 Å². The summed E-state index contributed by atoms with van der Waals surface area (Å²) < 4.78 is 11.6. The lowest BCUT2D eigenvalue weighted by Crippen LogP contribution is -2.35. The van der Waals surface area contributed by atoms with Gasteiger partial charge in [-0.25, -0.2) is 5.01 Å². The quantitative estimate of drug-likeness (QED) is 0.284. The number of carbonyl (C=O) groups is 2. The summed E-state index contributed by atoms with van der Waals surface area (Å²) in [5.41, 5.74) is 4.56. The highest BCUT2D eigenvalue weighted by Gasteiger charge is 2.34. The molecule has 0 aromatic heterocycles. The van der Waals surface area contributed by atoms with Crippen LogP contribution in [0.15, 0.2) is 72.3 Å². The molecule has 3 aromatic carbocycles. The SMILES string of the molecule is Cc1cccc(OCCOc2c(Cl)cc(Cl)cc2/C=C2\C(=O)NN(c3ccccc3)C2=O)c1. The predicted molar refractivity (Wildman–Crippen MR) is 129 cm³/mol. The molecule has 4 rings (SSSR count). The first-order valence-electron chi connectivity index (χ1n) is 10.2. The molecule has 0 saturated carbocycles. The van der Waals surface area contributed by atoms with Crippen LogP contribution >= 0.6 is 23.2 Å². The molecular weight excluding hydrogens is 463 g/mol. The van der Waals surface area contributed by atoms with Gasteiger partial charge in [-0.05, 0) is 55.0 Å². The fourth-order valence-corrected chi connectivity index (χ4v) is 3.88. The summed E-state index contributed by atoms with van der Waals surface area (Å²) in [4.78, 5) is 25.4. The number of benzene rings is 3. The van der Waals surface area contributed by atoms with E-state index in [0.29, 0.717) is 22.0 Å². The molecule has 168 valence electrons. The molecule has 33 heavy (non-hydrogen) atoms. The standard InChI is InChI=1S/C25H20Cl2N2O4/c1-16-6-5-9-20(12-16)32-10-11-33-23-17(13-18(26)15-22(23)27)14-21-24(30)28-29(25(21)31)19-7-3-2-4-8-19/h2-9,12-15H,10-11H2,1H3,(H,28,30)/b21-14+. The van der Waals surface area contributed by atoms with Gasteiger partial charge in [-0.3, -0.25) is 15.0 Å². The number of hydrazine groups is 1. The molecule has 0 atom stereocenters. The van der Waals surface area contributed by atoms with Crippen LogP contribution < -0.4 is 19.9 Å². The number of hydrogen-bond donors (Lipinski definition) is 1. The van der Waals surface area contributed by atoms with Crippen molar-refractivity contribution in [2.24, 2.45) is 0 Å². The maximum atomic E-state index is 12.9. The summed E-state index contributed by atoms with van der Waals surface area (Å²) in [6.45, 7) is 2.46. The summed E-state index contributed by atoms with van der Waals surface area (Å²) in [5, 5.41) is 1.80. The Balaban J connectivity index is 1.53. The van der Waals surface area contributed by atoms with Crippen LogP contribution in [0.5, 0.6) is 11.5 Å². The van der Waals surface area contributed by atoms with Crippen molar-refractivity contribution in [3.8, 4) is 11.5 Å². The maximum absolute atomic E-state index is 12.9. The Morgan fingerprint density at radius 2 is 1.70 bits per heavy atom. The van der Waals surface area contributed by atoms with Gasteiger partial charge in [-0.2, -0.15) is 0 Å². The van der Waals surface area contributed by atoms with Crippen molar-refractivity contribution >= 4 is 46.8 Å². The first kappa shape index (κ1) is 22.7. The monoisotopic (exact) mass is 482 g/mol. The molecule has 0 unspecified atom stereocenters. The fourth-order valence-electron chi connectivity index (χ4n) is 3.32. The third-order valence-corrected chi connectivity index (χ3v) is 5.33. The summed E-state index contributed by atoms with van der Waals surface area (Å²) >= 11 is 12.5. The molecule has 0 radical (unpaired) electrons. The minimum Gasteiger partial charge on any atom is -0.490 e. The second kappa shape index (κ2) is 9.98. The number of aryl methyl sites for hydroxylation is 1. The molecule has 3 aromatic rings. The largest absolute Gasteiger partial charge is 0.490 e. The van der Waals surface area contributed by atoms with Crippen molar-refractivity contribution in [3.63, 3.8) is 0 Å². The highest BCUT2D eigenvalue weighted by atomic mass is 35.5. The number of carbonyl (C=O) groups excluding carboxylic acids is 2. The van der Waals surface area contributed by atoms with Crippen LogP contribution in [0.4, 0.5) is 5.69 Å². The average Bonchev–Trinajstić information content (AvgIpc) is 3.07. The summed E-state index contributed by atoms with van der Waals surface area (Å²) in [5.74, 6) is 0.0160. The number of hydrogen-bond acceptors (Lipinski definition) is 4. The van der Waals surface area contributed by atoms with Crippen molar-refractivity contribution in [2.45, 2.75) is 6.92 Å². The normalized spacial score (nSPS) is 14.5. The molecular formula is C25H20Cl2N2O4. The molecule has 1 aliphatic rings. The highest BCUT2D eigenvalue weighted by Crippen LogP contribution is 2.35. The van der Waals surface area contributed by atoms with E-state index in [1.165, 1.54) is 17.2 Å². The second-order valence-electron chi connectivity index (χ2n) is 7.29. The molecule has 2 amide bonds. The number of ether oxygens (including phenoxy) is 2. The molecule has 1 heterocycles. The topological polar surface area (TPSA) is 67.9 Å². The zero-order chi connectivity index (χ0) is 23.4. The Hall–Kier alpha value is -3.48. The van der Waals surface area contributed by atoms with Crippen LogP contribution in [-0.4, -0.2) is 25.0 Å². The zero-order valence-corrected chi connectivity index (χ0v) is 19.2. The van der Waals surface area contributed by atoms with E-state index in [4.69, 9.17) is 32.7 Å². The maximum Gasteiger partial charge on any atom is 0.282 e. The van der Waals surface area contributed by atoms with Gasteiger partial charge in [0, 0.05) is 10.6 Å². The smallest absolute Gasteiger partial charge is 0.282 e. The van der Waals surface area contributed by atoms with Gasteiger partial charge >= 0.3 is 0 Å². The molecule has 1 fully saturated rings. The van der Waals surface area contributed by atoms with E-state index in [1.54, 1.807) is 30.3 Å². The number of anilines is 1. The van der Waals surface area contributed by atoms with E-state index < -0.39 is 11.8 Å². The molecule has 1 saturated heterocycles. The van der Waals surface area contributed by atoms with Gasteiger partial charge in [-0.1, -0.05) is 53.5 Å².